The van der Waals surface area contributed by atoms with E-state index in [0.717, 1.165) is 93.6 Å². The van der Waals surface area contributed by atoms with Crippen LogP contribution < -0.4 is 0 Å². The van der Waals surface area contributed by atoms with Gasteiger partial charge in [-0.05, 0) is 68.6 Å². The van der Waals surface area contributed by atoms with Crippen molar-refractivity contribution in [2.24, 2.45) is 0 Å². The largest absolute Gasteiger partial charge is 0.456 e. The zero-order valence-electron chi connectivity index (χ0n) is 28.4. The maximum Gasteiger partial charge on any atom is 0.147 e. The van der Waals surface area contributed by atoms with Crippen LogP contribution in [0.25, 0.3) is 121 Å². The predicted octanol–water partition coefficient (Wildman–Crippen LogP) is 14.7. The fourth-order valence-electron chi connectivity index (χ4n) is 8.79. The number of hydrogen-bond donors (Lipinski definition) is 0. The van der Waals surface area contributed by atoms with Crippen LogP contribution in [0.5, 0.6) is 0 Å². The first-order valence-corrected chi connectivity index (χ1v) is 18.0. The Morgan fingerprint density at radius 3 is 1.60 bits per heavy atom. The first-order chi connectivity index (χ1) is 26.3. The molecule has 0 aliphatic rings. The summed E-state index contributed by atoms with van der Waals surface area (Å²) in [7, 11) is 0. The monoisotopic (exact) mass is 676 g/mol. The number of furan rings is 3. The van der Waals surface area contributed by atoms with Crippen molar-refractivity contribution in [2.45, 2.75) is 0 Å². The second kappa shape index (κ2) is 10.7. The van der Waals surface area contributed by atoms with Gasteiger partial charge in [0.1, 0.15) is 33.5 Å². The molecule has 3 heterocycles. The van der Waals surface area contributed by atoms with Crippen molar-refractivity contribution in [3.8, 4) is 33.4 Å². The van der Waals surface area contributed by atoms with Gasteiger partial charge < -0.3 is 13.3 Å². The molecule has 9 aromatic carbocycles. The lowest BCUT2D eigenvalue weighted by Gasteiger charge is -2.17. The Balaban J connectivity index is 1.13. The standard InChI is InChI=1S/C50H28O3/c1-2-12-29(13-3-1)31-19-10-20-38-39-26-27-43-47(50(39)53-48(31)38)41-22-11-21-40(49(41)52-43)46-36-17-6-4-15-34(36)45(35-16-5-7-18-37(35)46)30-24-25-33-32-14-8-9-23-42(32)51-44(33)28-30/h1-28H. The van der Waals surface area contributed by atoms with E-state index in [1.807, 2.05) is 18.2 Å². The van der Waals surface area contributed by atoms with Crippen molar-refractivity contribution in [3.63, 3.8) is 0 Å². The van der Waals surface area contributed by atoms with Gasteiger partial charge in [0.2, 0.25) is 0 Å². The summed E-state index contributed by atoms with van der Waals surface area (Å²) in [6.07, 6.45) is 0. The molecule has 3 nitrogen and oxygen atoms in total. The highest BCUT2D eigenvalue weighted by molar-refractivity contribution is 6.27. The van der Waals surface area contributed by atoms with E-state index in [9.17, 15) is 0 Å². The molecule has 0 saturated heterocycles. The summed E-state index contributed by atoms with van der Waals surface area (Å²) in [5.74, 6) is 0. The molecule has 0 N–H and O–H groups in total. The van der Waals surface area contributed by atoms with E-state index in [-0.39, 0.29) is 0 Å². The van der Waals surface area contributed by atoms with E-state index < -0.39 is 0 Å². The van der Waals surface area contributed by atoms with E-state index >= 15 is 0 Å². The van der Waals surface area contributed by atoms with Crippen LogP contribution in [0.15, 0.2) is 183 Å². The fraction of sp³-hybridized carbons (Fsp3) is 0. The van der Waals surface area contributed by atoms with Crippen LogP contribution in [0.1, 0.15) is 0 Å². The molecule has 0 radical (unpaired) electrons. The Hall–Kier alpha value is -7.10. The summed E-state index contributed by atoms with van der Waals surface area (Å²) in [5.41, 5.74) is 11.9. The second-order valence-electron chi connectivity index (χ2n) is 13.9. The van der Waals surface area contributed by atoms with Crippen LogP contribution in [0.4, 0.5) is 0 Å². The van der Waals surface area contributed by atoms with Crippen molar-refractivity contribution < 1.29 is 13.3 Å². The number of rotatable bonds is 3. The van der Waals surface area contributed by atoms with Crippen LogP contribution in [0, 0.1) is 0 Å². The molecule has 0 fully saturated rings. The Bertz CT molecular complexity index is 3390. The molecule has 0 unspecified atom stereocenters. The SMILES string of the molecule is c1ccc(-c2cccc3c2oc2c3ccc3oc4c(-c5c6ccccc6c(-c6ccc7c(c6)oc6ccccc67)c6ccccc56)cccc4c32)cc1. The number of para-hydroxylation sites is 3. The lowest BCUT2D eigenvalue weighted by atomic mass is 9.85. The van der Waals surface area contributed by atoms with Gasteiger partial charge in [-0.2, -0.15) is 0 Å². The van der Waals surface area contributed by atoms with Crippen molar-refractivity contribution in [1.82, 2.24) is 0 Å². The first-order valence-electron chi connectivity index (χ1n) is 18.0. The van der Waals surface area contributed by atoms with Crippen LogP contribution in [-0.4, -0.2) is 0 Å². The molecule has 53 heavy (non-hydrogen) atoms. The minimum atomic E-state index is 0.810. The first kappa shape index (κ1) is 28.6. The molecule has 0 spiro atoms. The molecule has 3 heteroatoms. The summed E-state index contributed by atoms with van der Waals surface area (Å²) >= 11 is 0. The van der Waals surface area contributed by atoms with Crippen molar-refractivity contribution >= 4 is 87.4 Å². The summed E-state index contributed by atoms with van der Waals surface area (Å²) in [4.78, 5) is 0. The van der Waals surface area contributed by atoms with Crippen LogP contribution in [0.2, 0.25) is 0 Å². The molecule has 0 saturated carbocycles. The summed E-state index contributed by atoms with van der Waals surface area (Å²) in [6.45, 7) is 0. The molecule has 0 amide bonds. The van der Waals surface area contributed by atoms with E-state index in [1.165, 1.54) is 27.1 Å². The van der Waals surface area contributed by atoms with Crippen LogP contribution in [0.3, 0.4) is 0 Å². The van der Waals surface area contributed by atoms with Gasteiger partial charge in [-0.15, -0.1) is 0 Å². The number of fused-ring (bicyclic) bond motifs is 12. The topological polar surface area (TPSA) is 39.4 Å². The van der Waals surface area contributed by atoms with Gasteiger partial charge in [0.25, 0.3) is 0 Å². The van der Waals surface area contributed by atoms with Gasteiger partial charge in [-0.3, -0.25) is 0 Å². The van der Waals surface area contributed by atoms with Gasteiger partial charge in [0.15, 0.2) is 0 Å². The van der Waals surface area contributed by atoms with Crippen LogP contribution in [-0.2, 0) is 0 Å². The van der Waals surface area contributed by atoms with E-state index in [2.05, 4.69) is 152 Å². The Morgan fingerprint density at radius 1 is 0.264 bits per heavy atom. The highest BCUT2D eigenvalue weighted by atomic mass is 16.3. The number of hydrogen-bond acceptors (Lipinski definition) is 3. The zero-order valence-corrected chi connectivity index (χ0v) is 28.4. The smallest absolute Gasteiger partial charge is 0.147 e. The quantitative estimate of drug-likeness (QED) is 0.175. The van der Waals surface area contributed by atoms with Crippen molar-refractivity contribution in [1.29, 1.82) is 0 Å². The van der Waals surface area contributed by atoms with Gasteiger partial charge in [-0.1, -0.05) is 140 Å². The lowest BCUT2D eigenvalue weighted by Crippen LogP contribution is -1.91. The second-order valence-corrected chi connectivity index (χ2v) is 13.9. The average Bonchev–Trinajstić information content (AvgIpc) is 3.91. The fourth-order valence-corrected chi connectivity index (χ4v) is 8.79. The van der Waals surface area contributed by atoms with Gasteiger partial charge in [0.05, 0.1) is 5.39 Å². The Kier molecular flexibility index (Phi) is 5.77. The molecule has 12 aromatic rings. The zero-order chi connectivity index (χ0) is 34.6. The third-order valence-corrected chi connectivity index (χ3v) is 11.1. The van der Waals surface area contributed by atoms with Gasteiger partial charge >= 0.3 is 0 Å². The molecular weight excluding hydrogens is 649 g/mol. The average molecular weight is 677 g/mol. The maximum atomic E-state index is 6.87. The molecule has 246 valence electrons. The third-order valence-electron chi connectivity index (χ3n) is 11.1. The lowest BCUT2D eigenvalue weighted by molar-refractivity contribution is 0.664. The normalized spacial score (nSPS) is 12.2. The van der Waals surface area contributed by atoms with E-state index in [0.29, 0.717) is 0 Å². The molecule has 12 rings (SSSR count). The summed E-state index contributed by atoms with van der Waals surface area (Å²) in [6, 6.07) is 60.0. The number of benzene rings is 9. The minimum absolute atomic E-state index is 0.810. The molecule has 0 atom stereocenters. The molecule has 0 bridgehead atoms. The molecule has 3 aromatic heterocycles. The van der Waals surface area contributed by atoms with Crippen LogP contribution >= 0.6 is 0 Å². The van der Waals surface area contributed by atoms with Crippen molar-refractivity contribution in [2.75, 3.05) is 0 Å². The Morgan fingerprint density at radius 2 is 0.830 bits per heavy atom. The van der Waals surface area contributed by atoms with Gasteiger partial charge in [0, 0.05) is 43.6 Å². The predicted molar refractivity (Wildman–Crippen MR) is 220 cm³/mol. The minimum Gasteiger partial charge on any atom is -0.456 e. The third kappa shape index (κ3) is 3.99. The maximum absolute atomic E-state index is 6.87. The van der Waals surface area contributed by atoms with E-state index in [1.54, 1.807) is 0 Å². The van der Waals surface area contributed by atoms with Gasteiger partial charge in [-0.25, -0.2) is 0 Å². The molecule has 0 aliphatic heterocycles. The van der Waals surface area contributed by atoms with Crippen molar-refractivity contribution in [3.05, 3.63) is 170 Å². The summed E-state index contributed by atoms with van der Waals surface area (Å²) in [5, 5.41) is 11.2. The highest BCUT2D eigenvalue weighted by Gasteiger charge is 2.23. The van der Waals surface area contributed by atoms with E-state index in [4.69, 9.17) is 13.3 Å². The summed E-state index contributed by atoms with van der Waals surface area (Å²) < 4.78 is 20.1. The molecular formula is C50H28O3. The highest BCUT2D eigenvalue weighted by Crippen LogP contribution is 2.48. The Labute approximate surface area is 302 Å². The molecule has 0 aliphatic carbocycles.